The van der Waals surface area contributed by atoms with Crippen molar-refractivity contribution in [2.45, 2.75) is 64.4 Å². The maximum Gasteiger partial charge on any atom is 0.223 e. The summed E-state index contributed by atoms with van der Waals surface area (Å²) in [6, 6.07) is 3.80. The van der Waals surface area contributed by atoms with E-state index >= 15 is 0 Å². The molecule has 10 heteroatoms. The number of hydrogen-bond acceptors (Lipinski definition) is 8. The number of amides is 2. The summed E-state index contributed by atoms with van der Waals surface area (Å²) in [6.07, 6.45) is 6.44. The number of fused-ring (bicyclic) bond motifs is 2. The van der Waals surface area contributed by atoms with Gasteiger partial charge in [0.1, 0.15) is 0 Å². The highest BCUT2D eigenvalue weighted by molar-refractivity contribution is 7.15. The Morgan fingerprint density at radius 1 is 1.27 bits per heavy atom. The van der Waals surface area contributed by atoms with Crippen molar-refractivity contribution in [1.29, 1.82) is 0 Å². The van der Waals surface area contributed by atoms with Gasteiger partial charge in [0.05, 0.1) is 30.3 Å². The van der Waals surface area contributed by atoms with Crippen LogP contribution in [0.25, 0.3) is 0 Å². The van der Waals surface area contributed by atoms with E-state index in [-0.39, 0.29) is 41.6 Å². The molecule has 1 saturated carbocycles. The lowest BCUT2D eigenvalue weighted by Crippen LogP contribution is -2.58. The standard InChI is InChI=1S/C27H37N5O4S/c1-26-8-5-21(34)27(2,15-33)20(26)13-19-23(31-25(37-19)30-17-4-3-9-29-14-17)18(26)12-22(35)32-10-6-16(7-11-32)24(28)36/h3-4,9,14,16,18,20-21,33-34H,5-8,10-13,15H2,1-2H3,(H2,28,36)(H,30,31). The molecule has 200 valence electrons. The highest BCUT2D eigenvalue weighted by Crippen LogP contribution is 2.63. The monoisotopic (exact) mass is 527 g/mol. The van der Waals surface area contributed by atoms with Gasteiger partial charge in [-0.1, -0.05) is 13.8 Å². The van der Waals surface area contributed by atoms with Gasteiger partial charge in [0.2, 0.25) is 11.8 Å². The molecule has 0 radical (unpaired) electrons. The quantitative estimate of drug-likeness (QED) is 0.453. The minimum atomic E-state index is -0.660. The molecule has 2 amide bonds. The summed E-state index contributed by atoms with van der Waals surface area (Å²) in [5.74, 6) is -0.531. The van der Waals surface area contributed by atoms with Crippen LogP contribution in [0.3, 0.4) is 0 Å². The third kappa shape index (κ3) is 4.64. The fourth-order valence-corrected chi connectivity index (χ4v) is 8.07. The molecule has 1 saturated heterocycles. The zero-order valence-electron chi connectivity index (χ0n) is 21.5. The van der Waals surface area contributed by atoms with Gasteiger partial charge in [-0.05, 0) is 55.6 Å². The van der Waals surface area contributed by atoms with E-state index in [1.807, 2.05) is 24.0 Å². The fraction of sp³-hybridized carbons (Fsp3) is 0.630. The second-order valence-corrected chi connectivity index (χ2v) is 12.6. The van der Waals surface area contributed by atoms with Crippen LogP contribution in [0.2, 0.25) is 0 Å². The number of likely N-dealkylation sites (tertiary alicyclic amines) is 1. The summed E-state index contributed by atoms with van der Waals surface area (Å²) < 4.78 is 0. The van der Waals surface area contributed by atoms with Gasteiger partial charge in [-0.25, -0.2) is 4.98 Å². The first kappa shape index (κ1) is 26.1. The number of carbonyl (C=O) groups is 2. The Hall–Kier alpha value is -2.56. The molecule has 5 unspecified atom stereocenters. The summed E-state index contributed by atoms with van der Waals surface area (Å²) >= 11 is 1.58. The van der Waals surface area contributed by atoms with Crippen molar-refractivity contribution in [2.24, 2.45) is 28.4 Å². The molecule has 0 bridgehead atoms. The summed E-state index contributed by atoms with van der Waals surface area (Å²) in [6.45, 7) is 5.15. The van der Waals surface area contributed by atoms with E-state index in [0.717, 1.165) is 27.8 Å². The van der Waals surface area contributed by atoms with Crippen LogP contribution in [0.5, 0.6) is 0 Å². The van der Waals surface area contributed by atoms with Crippen molar-refractivity contribution in [1.82, 2.24) is 14.9 Å². The van der Waals surface area contributed by atoms with Crippen molar-refractivity contribution in [3.05, 3.63) is 35.1 Å². The summed E-state index contributed by atoms with van der Waals surface area (Å²) in [4.78, 5) is 37.4. The lowest BCUT2D eigenvalue weighted by atomic mass is 9.47. The first-order valence-corrected chi connectivity index (χ1v) is 14.0. The van der Waals surface area contributed by atoms with Crippen molar-refractivity contribution in [2.75, 3.05) is 25.0 Å². The van der Waals surface area contributed by atoms with E-state index in [9.17, 15) is 19.8 Å². The molecular weight excluding hydrogens is 490 g/mol. The molecule has 5 N–H and O–H groups in total. The number of nitrogens with one attached hydrogen (secondary N) is 1. The zero-order chi connectivity index (χ0) is 26.4. The first-order valence-electron chi connectivity index (χ1n) is 13.2. The average molecular weight is 528 g/mol. The van der Waals surface area contributed by atoms with Crippen LogP contribution in [0.4, 0.5) is 10.8 Å². The highest BCUT2D eigenvalue weighted by Gasteiger charge is 2.59. The van der Waals surface area contributed by atoms with Crippen molar-refractivity contribution in [3.63, 3.8) is 0 Å². The number of rotatable bonds is 6. The van der Waals surface area contributed by atoms with E-state index in [0.29, 0.717) is 45.2 Å². The largest absolute Gasteiger partial charge is 0.396 e. The fourth-order valence-electron chi connectivity index (χ4n) is 6.98. The lowest BCUT2D eigenvalue weighted by Gasteiger charge is -2.58. The number of aliphatic hydroxyl groups is 2. The molecular formula is C27H37N5O4S. The van der Waals surface area contributed by atoms with E-state index in [2.05, 4.69) is 17.2 Å². The van der Waals surface area contributed by atoms with E-state index in [4.69, 9.17) is 10.7 Å². The first-order chi connectivity index (χ1) is 17.7. The van der Waals surface area contributed by atoms with Gasteiger partial charge >= 0.3 is 0 Å². The van der Waals surface area contributed by atoms with Gasteiger partial charge < -0.3 is 26.2 Å². The molecule has 3 aliphatic rings. The van der Waals surface area contributed by atoms with Crippen LogP contribution in [-0.2, 0) is 16.0 Å². The normalized spacial score (nSPS) is 31.9. The minimum absolute atomic E-state index is 0.00587. The van der Waals surface area contributed by atoms with Crippen LogP contribution in [0.1, 0.15) is 62.4 Å². The molecule has 3 heterocycles. The molecule has 5 rings (SSSR count). The third-order valence-corrected chi connectivity index (χ3v) is 10.4. The third-order valence-electron chi connectivity index (χ3n) is 9.44. The van der Waals surface area contributed by atoms with Crippen LogP contribution in [0.15, 0.2) is 24.5 Å². The van der Waals surface area contributed by atoms with Gasteiger partial charge in [0, 0.05) is 47.8 Å². The number of thiazole rings is 1. The maximum atomic E-state index is 13.6. The number of aromatic nitrogens is 2. The van der Waals surface area contributed by atoms with Gasteiger partial charge in [-0.15, -0.1) is 11.3 Å². The van der Waals surface area contributed by atoms with Gasteiger partial charge in [-0.3, -0.25) is 14.6 Å². The SMILES string of the molecule is CC1(CO)C(O)CCC2(C)C(CC(=O)N3CCC(C(N)=O)CC3)c3nc(Nc4cccnc4)sc3CC12. The summed E-state index contributed by atoms with van der Waals surface area (Å²) in [5, 5.41) is 25.5. The molecule has 0 spiro atoms. The number of carbonyl (C=O) groups excluding carboxylic acids is 2. The van der Waals surface area contributed by atoms with Crippen LogP contribution in [0, 0.1) is 22.7 Å². The van der Waals surface area contributed by atoms with Gasteiger partial charge in [0.25, 0.3) is 0 Å². The highest BCUT2D eigenvalue weighted by atomic mass is 32.1. The van der Waals surface area contributed by atoms with Gasteiger partial charge in [-0.2, -0.15) is 0 Å². The predicted octanol–water partition coefficient (Wildman–Crippen LogP) is 2.81. The molecule has 1 aliphatic heterocycles. The number of nitrogens with zero attached hydrogens (tertiary/aromatic N) is 3. The lowest BCUT2D eigenvalue weighted by molar-refractivity contribution is -0.148. The van der Waals surface area contributed by atoms with Crippen molar-refractivity contribution < 1.29 is 19.8 Å². The number of primary amides is 1. The number of anilines is 2. The number of pyridine rings is 1. The molecule has 9 nitrogen and oxygen atoms in total. The van der Waals surface area contributed by atoms with Crippen molar-refractivity contribution >= 4 is 34.0 Å². The number of aliphatic hydroxyl groups excluding tert-OH is 2. The summed E-state index contributed by atoms with van der Waals surface area (Å²) in [7, 11) is 0. The topological polar surface area (TPSA) is 142 Å². The minimum Gasteiger partial charge on any atom is -0.396 e. The second kappa shape index (κ2) is 9.96. The smallest absolute Gasteiger partial charge is 0.223 e. The Labute approximate surface area is 221 Å². The average Bonchev–Trinajstić information content (AvgIpc) is 3.30. The molecule has 5 atom stereocenters. The number of hydrogen-bond donors (Lipinski definition) is 4. The maximum absolute atomic E-state index is 13.6. The Morgan fingerprint density at radius 3 is 2.68 bits per heavy atom. The van der Waals surface area contributed by atoms with Crippen molar-refractivity contribution in [3.8, 4) is 0 Å². The number of piperidine rings is 1. The summed E-state index contributed by atoms with van der Waals surface area (Å²) in [5.41, 5.74) is 6.32. The Morgan fingerprint density at radius 2 is 2.03 bits per heavy atom. The van der Waals surface area contributed by atoms with E-state index in [1.165, 1.54) is 0 Å². The Bertz CT molecular complexity index is 1150. The van der Waals surface area contributed by atoms with E-state index in [1.54, 1.807) is 23.7 Å². The Balaban J connectivity index is 1.47. The Kier molecular flexibility index (Phi) is 7.02. The molecule has 2 aliphatic carbocycles. The molecule has 2 aromatic heterocycles. The zero-order valence-corrected chi connectivity index (χ0v) is 22.3. The molecule has 2 aromatic rings. The van der Waals surface area contributed by atoms with Gasteiger partial charge in [0.15, 0.2) is 5.13 Å². The molecule has 37 heavy (non-hydrogen) atoms. The van der Waals surface area contributed by atoms with Crippen LogP contribution < -0.4 is 11.1 Å². The molecule has 0 aromatic carbocycles. The van der Waals surface area contributed by atoms with Crippen LogP contribution >= 0.6 is 11.3 Å². The van der Waals surface area contributed by atoms with E-state index < -0.39 is 11.5 Å². The van der Waals surface area contributed by atoms with Crippen LogP contribution in [-0.4, -0.2) is 62.7 Å². The molecule has 2 fully saturated rings. The predicted molar refractivity (Wildman–Crippen MR) is 141 cm³/mol. The second-order valence-electron chi connectivity index (χ2n) is 11.5. The number of nitrogens with two attached hydrogens (primary N) is 1.